The predicted octanol–water partition coefficient (Wildman–Crippen LogP) is 5.85. The zero-order chi connectivity index (χ0) is 13.5. The maximum atomic E-state index is 6.22. The molecule has 3 heteroatoms. The van der Waals surface area contributed by atoms with Crippen LogP contribution in [0.2, 0.25) is 10.0 Å². The van der Waals surface area contributed by atoms with Crippen molar-refractivity contribution in [1.82, 2.24) is 0 Å². The standard InChI is InChI=1S/C15H20Cl2O/c1-4-6-7-11(3)13-9-12(16)10-14(17)15(13)18-8-5-2/h4,6,9-11H,5,7-8H2,1-3H3/b6-4-. The van der Waals surface area contributed by atoms with Crippen LogP contribution in [-0.2, 0) is 0 Å². The molecule has 0 bridgehead atoms. The van der Waals surface area contributed by atoms with E-state index in [0.717, 1.165) is 24.2 Å². The van der Waals surface area contributed by atoms with Crippen LogP contribution in [0.3, 0.4) is 0 Å². The Balaban J connectivity index is 3.05. The van der Waals surface area contributed by atoms with Crippen LogP contribution in [0.5, 0.6) is 5.75 Å². The second-order valence-corrected chi connectivity index (χ2v) is 5.20. The highest BCUT2D eigenvalue weighted by molar-refractivity contribution is 6.35. The lowest BCUT2D eigenvalue weighted by Gasteiger charge is -2.17. The molecule has 1 aromatic rings. The van der Waals surface area contributed by atoms with Crippen LogP contribution >= 0.6 is 23.2 Å². The molecule has 0 amide bonds. The topological polar surface area (TPSA) is 9.23 Å². The lowest BCUT2D eigenvalue weighted by molar-refractivity contribution is 0.313. The molecule has 0 N–H and O–H groups in total. The van der Waals surface area contributed by atoms with Crippen LogP contribution in [-0.4, -0.2) is 6.61 Å². The maximum absolute atomic E-state index is 6.22. The first-order valence-electron chi connectivity index (χ1n) is 6.33. The second-order valence-electron chi connectivity index (χ2n) is 4.36. The minimum atomic E-state index is 0.337. The molecule has 100 valence electrons. The molecule has 1 rings (SSSR count). The molecule has 0 radical (unpaired) electrons. The maximum Gasteiger partial charge on any atom is 0.141 e. The number of benzene rings is 1. The number of hydrogen-bond acceptors (Lipinski definition) is 1. The summed E-state index contributed by atoms with van der Waals surface area (Å²) in [7, 11) is 0. The summed E-state index contributed by atoms with van der Waals surface area (Å²) >= 11 is 12.3. The van der Waals surface area contributed by atoms with Gasteiger partial charge in [0, 0.05) is 10.6 Å². The highest BCUT2D eigenvalue weighted by Crippen LogP contribution is 2.38. The Morgan fingerprint density at radius 1 is 1.33 bits per heavy atom. The fourth-order valence-electron chi connectivity index (χ4n) is 1.77. The van der Waals surface area contributed by atoms with Crippen molar-refractivity contribution in [1.29, 1.82) is 0 Å². The van der Waals surface area contributed by atoms with Crippen LogP contribution in [0.25, 0.3) is 0 Å². The molecule has 1 atom stereocenters. The summed E-state index contributed by atoms with van der Waals surface area (Å²) < 4.78 is 5.76. The summed E-state index contributed by atoms with van der Waals surface area (Å²) in [6.07, 6.45) is 6.11. The third kappa shape index (κ3) is 4.22. The molecule has 0 heterocycles. The third-order valence-corrected chi connectivity index (χ3v) is 3.24. The van der Waals surface area contributed by atoms with Gasteiger partial charge < -0.3 is 4.74 Å². The lowest BCUT2D eigenvalue weighted by Crippen LogP contribution is -2.02. The molecule has 1 unspecified atom stereocenters. The van der Waals surface area contributed by atoms with Crippen LogP contribution in [0.1, 0.15) is 45.1 Å². The molecular weight excluding hydrogens is 267 g/mol. The van der Waals surface area contributed by atoms with Gasteiger partial charge >= 0.3 is 0 Å². The Labute approximate surface area is 120 Å². The molecule has 0 aliphatic heterocycles. The number of hydrogen-bond donors (Lipinski definition) is 0. The van der Waals surface area contributed by atoms with Gasteiger partial charge in [-0.1, -0.05) is 49.2 Å². The first kappa shape index (κ1) is 15.4. The van der Waals surface area contributed by atoms with E-state index in [9.17, 15) is 0 Å². The van der Waals surface area contributed by atoms with E-state index >= 15 is 0 Å². The molecular formula is C15H20Cl2O. The third-order valence-electron chi connectivity index (χ3n) is 2.74. The van der Waals surface area contributed by atoms with E-state index in [-0.39, 0.29) is 0 Å². The van der Waals surface area contributed by atoms with Crippen molar-refractivity contribution in [2.24, 2.45) is 0 Å². The van der Waals surface area contributed by atoms with E-state index in [4.69, 9.17) is 27.9 Å². The van der Waals surface area contributed by atoms with Crippen molar-refractivity contribution >= 4 is 23.2 Å². The van der Waals surface area contributed by atoms with Crippen molar-refractivity contribution in [3.05, 3.63) is 39.9 Å². The van der Waals surface area contributed by atoms with E-state index in [1.54, 1.807) is 6.07 Å². The van der Waals surface area contributed by atoms with Gasteiger partial charge in [0.2, 0.25) is 0 Å². The number of rotatable bonds is 6. The summed E-state index contributed by atoms with van der Waals surface area (Å²) in [4.78, 5) is 0. The summed E-state index contributed by atoms with van der Waals surface area (Å²) in [5.41, 5.74) is 1.08. The molecule has 1 aromatic carbocycles. The average Bonchev–Trinajstić information content (AvgIpc) is 2.34. The first-order valence-corrected chi connectivity index (χ1v) is 7.08. The lowest BCUT2D eigenvalue weighted by atomic mass is 9.96. The van der Waals surface area contributed by atoms with Gasteiger partial charge in [-0.3, -0.25) is 0 Å². The van der Waals surface area contributed by atoms with Crippen LogP contribution in [0.15, 0.2) is 24.3 Å². The summed E-state index contributed by atoms with van der Waals surface area (Å²) in [6.45, 7) is 6.92. The number of halogens is 2. The first-order chi connectivity index (χ1) is 8.60. The molecule has 0 aliphatic rings. The van der Waals surface area contributed by atoms with Gasteiger partial charge in [0.05, 0.1) is 11.6 Å². The second kappa shape index (κ2) is 7.70. The Kier molecular flexibility index (Phi) is 6.59. The molecule has 0 aliphatic carbocycles. The van der Waals surface area contributed by atoms with E-state index in [2.05, 4.69) is 26.0 Å². The van der Waals surface area contributed by atoms with Crippen LogP contribution in [0, 0.1) is 0 Å². The van der Waals surface area contributed by atoms with Crippen molar-refractivity contribution in [3.8, 4) is 5.75 Å². The molecule has 0 aromatic heterocycles. The summed E-state index contributed by atoms with van der Waals surface area (Å²) in [6, 6.07) is 3.69. The van der Waals surface area contributed by atoms with Crippen LogP contribution < -0.4 is 4.74 Å². The SMILES string of the molecule is C/C=C\CC(C)c1cc(Cl)cc(Cl)c1OCCC. The van der Waals surface area contributed by atoms with Gasteiger partial charge in [0.15, 0.2) is 0 Å². The molecule has 1 nitrogen and oxygen atoms in total. The van der Waals surface area contributed by atoms with E-state index in [1.165, 1.54) is 0 Å². The number of ether oxygens (including phenoxy) is 1. The van der Waals surface area contributed by atoms with Gasteiger partial charge in [-0.15, -0.1) is 0 Å². The van der Waals surface area contributed by atoms with Gasteiger partial charge in [-0.2, -0.15) is 0 Å². The summed E-state index contributed by atoms with van der Waals surface area (Å²) in [5.74, 6) is 1.11. The number of allylic oxidation sites excluding steroid dienone is 2. The van der Waals surface area contributed by atoms with Crippen molar-refractivity contribution < 1.29 is 4.74 Å². The quantitative estimate of drug-likeness (QED) is 0.596. The molecule has 0 fully saturated rings. The monoisotopic (exact) mass is 286 g/mol. The van der Waals surface area contributed by atoms with Gasteiger partial charge in [0.25, 0.3) is 0 Å². The Morgan fingerprint density at radius 3 is 2.67 bits per heavy atom. The summed E-state index contributed by atoms with van der Waals surface area (Å²) in [5, 5.41) is 1.25. The molecule has 0 spiro atoms. The average molecular weight is 287 g/mol. The fourth-order valence-corrected chi connectivity index (χ4v) is 2.33. The van der Waals surface area contributed by atoms with Gasteiger partial charge in [-0.25, -0.2) is 0 Å². The van der Waals surface area contributed by atoms with Crippen LogP contribution in [0.4, 0.5) is 0 Å². The fraction of sp³-hybridized carbons (Fsp3) is 0.467. The molecule has 0 saturated carbocycles. The smallest absolute Gasteiger partial charge is 0.141 e. The minimum absolute atomic E-state index is 0.337. The van der Waals surface area contributed by atoms with E-state index < -0.39 is 0 Å². The Morgan fingerprint density at radius 2 is 2.06 bits per heavy atom. The highest BCUT2D eigenvalue weighted by atomic mass is 35.5. The zero-order valence-electron chi connectivity index (χ0n) is 11.2. The minimum Gasteiger partial charge on any atom is -0.492 e. The molecule has 0 saturated heterocycles. The van der Waals surface area contributed by atoms with E-state index in [0.29, 0.717) is 22.6 Å². The van der Waals surface area contributed by atoms with Gasteiger partial charge in [-0.05, 0) is 37.8 Å². The van der Waals surface area contributed by atoms with Crippen molar-refractivity contribution in [2.75, 3.05) is 6.61 Å². The normalized spacial score (nSPS) is 12.9. The predicted molar refractivity (Wildman–Crippen MR) is 80.1 cm³/mol. The largest absolute Gasteiger partial charge is 0.492 e. The van der Waals surface area contributed by atoms with Gasteiger partial charge in [0.1, 0.15) is 5.75 Å². The zero-order valence-corrected chi connectivity index (χ0v) is 12.7. The van der Waals surface area contributed by atoms with E-state index in [1.807, 2.05) is 13.0 Å². The Bertz CT molecular complexity index is 413. The van der Waals surface area contributed by atoms with Crippen molar-refractivity contribution in [3.63, 3.8) is 0 Å². The Hall–Kier alpha value is -0.660. The highest BCUT2D eigenvalue weighted by Gasteiger charge is 2.15. The van der Waals surface area contributed by atoms with Crippen molar-refractivity contribution in [2.45, 2.75) is 39.5 Å². The molecule has 18 heavy (non-hydrogen) atoms.